The van der Waals surface area contributed by atoms with Gasteiger partial charge in [0.25, 0.3) is 11.6 Å². The van der Waals surface area contributed by atoms with E-state index in [1.54, 1.807) is 19.9 Å². The fraction of sp³-hybridized carbons (Fsp3) is 0.222. The highest BCUT2D eigenvalue weighted by Crippen LogP contribution is 2.35. The maximum atomic E-state index is 12.5. The van der Waals surface area contributed by atoms with Crippen molar-refractivity contribution in [3.63, 3.8) is 0 Å². The van der Waals surface area contributed by atoms with Gasteiger partial charge >= 0.3 is 0 Å². The van der Waals surface area contributed by atoms with Crippen LogP contribution >= 0.6 is 0 Å². The Labute approximate surface area is 155 Å². The Balaban J connectivity index is 2.49. The Morgan fingerprint density at radius 1 is 1.22 bits per heavy atom. The predicted octanol–water partition coefficient (Wildman–Crippen LogP) is 2.71. The van der Waals surface area contributed by atoms with E-state index in [0.717, 1.165) is 17.5 Å². The van der Waals surface area contributed by atoms with Crippen LogP contribution < -0.4 is 14.9 Å². The number of rotatable bonds is 6. The molecule has 2 aromatic rings. The van der Waals surface area contributed by atoms with Crippen LogP contribution in [0.4, 0.5) is 5.69 Å². The number of nitro benzene ring substituents is 1. The van der Waals surface area contributed by atoms with Crippen LogP contribution in [-0.2, 0) is 4.79 Å². The maximum Gasteiger partial charge on any atom is 0.280 e. The van der Waals surface area contributed by atoms with Crippen molar-refractivity contribution in [3.05, 3.63) is 56.9 Å². The van der Waals surface area contributed by atoms with Gasteiger partial charge in [0, 0.05) is 11.4 Å². The lowest BCUT2D eigenvalue weighted by molar-refractivity contribution is -0.385. The minimum atomic E-state index is -0.691. The summed E-state index contributed by atoms with van der Waals surface area (Å²) in [5.41, 5.74) is 3.57. The number of amides is 1. The first kappa shape index (κ1) is 19.5. The summed E-state index contributed by atoms with van der Waals surface area (Å²) < 4.78 is 11.7. The Morgan fingerprint density at radius 2 is 1.78 bits per heavy atom. The monoisotopic (exact) mass is 370 g/mol. The van der Waals surface area contributed by atoms with E-state index in [9.17, 15) is 20.2 Å². The molecule has 1 N–H and O–H groups in total. The molecule has 140 valence electrons. The first-order valence-electron chi connectivity index (χ1n) is 7.80. The topological polar surface area (TPSA) is 119 Å². The molecule has 0 aliphatic heterocycles. The summed E-state index contributed by atoms with van der Waals surface area (Å²) in [6.45, 7) is 3.59. The molecular weight excluding hydrogens is 352 g/mol. The fourth-order valence-electron chi connectivity index (χ4n) is 2.47. The third-order valence-electron chi connectivity index (χ3n) is 3.88. The molecule has 0 atom stereocenters. The second kappa shape index (κ2) is 8.05. The number of hydrogen-bond donors (Lipinski definition) is 1. The summed E-state index contributed by atoms with van der Waals surface area (Å²) >= 11 is 0. The van der Waals surface area contributed by atoms with Crippen molar-refractivity contribution in [2.75, 3.05) is 19.6 Å². The summed E-state index contributed by atoms with van der Waals surface area (Å²) in [5.74, 6) is -0.281. The Morgan fingerprint density at radius 3 is 2.26 bits per heavy atom. The van der Waals surface area contributed by atoms with E-state index < -0.39 is 10.8 Å². The quantitative estimate of drug-likeness (QED) is 0.361. The van der Waals surface area contributed by atoms with E-state index in [1.165, 1.54) is 31.0 Å². The molecule has 2 rings (SSSR count). The first-order valence-corrected chi connectivity index (χ1v) is 7.80. The molecule has 0 saturated carbocycles. The zero-order valence-corrected chi connectivity index (χ0v) is 15.3. The van der Waals surface area contributed by atoms with Gasteiger partial charge in [0.05, 0.1) is 30.8 Å². The number of hydrogen-bond acceptors (Lipinski definition) is 6. The third kappa shape index (κ3) is 4.07. The van der Waals surface area contributed by atoms with Gasteiger partial charge in [-0.2, -0.15) is 5.26 Å². The molecular formula is C18H18N4O5. The lowest BCUT2D eigenvalue weighted by Gasteiger charge is -2.11. The summed E-state index contributed by atoms with van der Waals surface area (Å²) in [5, 5.41) is 20.7. The van der Waals surface area contributed by atoms with Crippen LogP contribution in [0.15, 0.2) is 29.8 Å². The average molecular weight is 370 g/mol. The van der Waals surface area contributed by atoms with Crippen LogP contribution in [0.3, 0.4) is 0 Å². The molecule has 1 aromatic carbocycles. The van der Waals surface area contributed by atoms with E-state index >= 15 is 0 Å². The minimum Gasteiger partial charge on any atom is -0.493 e. The number of ether oxygens (including phenoxy) is 2. The summed E-state index contributed by atoms with van der Waals surface area (Å²) in [6.07, 6.45) is 1.14. The molecule has 0 spiro atoms. The number of nitriles is 1. The summed E-state index contributed by atoms with van der Waals surface area (Å²) in [7, 11) is 2.74. The highest BCUT2D eigenvalue weighted by atomic mass is 16.6. The summed E-state index contributed by atoms with van der Waals surface area (Å²) in [6, 6.07) is 7.91. The van der Waals surface area contributed by atoms with Crippen molar-refractivity contribution in [2.45, 2.75) is 13.8 Å². The number of nitro groups is 1. The highest BCUT2D eigenvalue weighted by Gasteiger charge is 2.20. The number of aryl methyl sites for hydroxylation is 2. The molecule has 0 aliphatic rings. The van der Waals surface area contributed by atoms with Crippen LogP contribution in [-0.4, -0.2) is 29.7 Å². The molecule has 9 heteroatoms. The van der Waals surface area contributed by atoms with Crippen LogP contribution in [0.25, 0.3) is 6.08 Å². The Bertz CT molecular complexity index is 949. The predicted molar refractivity (Wildman–Crippen MR) is 98.1 cm³/mol. The van der Waals surface area contributed by atoms with E-state index in [1.807, 2.05) is 12.1 Å². The summed E-state index contributed by atoms with van der Waals surface area (Å²) in [4.78, 5) is 23.2. The first-order chi connectivity index (χ1) is 12.8. The zero-order valence-electron chi connectivity index (χ0n) is 15.3. The lowest BCUT2D eigenvalue weighted by Crippen LogP contribution is -2.25. The van der Waals surface area contributed by atoms with E-state index in [2.05, 4.69) is 5.43 Å². The molecule has 1 aromatic heterocycles. The molecule has 27 heavy (non-hydrogen) atoms. The van der Waals surface area contributed by atoms with Crippen molar-refractivity contribution < 1.29 is 19.2 Å². The van der Waals surface area contributed by atoms with Crippen molar-refractivity contribution >= 4 is 17.7 Å². The Hall–Kier alpha value is -3.80. The van der Waals surface area contributed by atoms with E-state index in [-0.39, 0.29) is 28.3 Å². The van der Waals surface area contributed by atoms with Crippen LogP contribution in [0.5, 0.6) is 11.5 Å². The molecule has 0 fully saturated rings. The number of carbonyl (C=O) groups is 1. The van der Waals surface area contributed by atoms with Gasteiger partial charge in [0.1, 0.15) is 11.6 Å². The van der Waals surface area contributed by atoms with Gasteiger partial charge < -0.3 is 9.47 Å². The number of nitrogens with one attached hydrogen (secondary N) is 1. The van der Waals surface area contributed by atoms with Crippen molar-refractivity contribution in [1.82, 2.24) is 4.68 Å². The zero-order chi connectivity index (χ0) is 20.1. The number of benzene rings is 1. The number of nitrogens with zero attached hydrogens (tertiary/aromatic N) is 3. The Kier molecular flexibility index (Phi) is 5.82. The molecule has 0 bridgehead atoms. The smallest absolute Gasteiger partial charge is 0.280 e. The van der Waals surface area contributed by atoms with Gasteiger partial charge in [-0.15, -0.1) is 0 Å². The van der Waals surface area contributed by atoms with Crippen LogP contribution in [0.2, 0.25) is 0 Å². The largest absolute Gasteiger partial charge is 0.493 e. The lowest BCUT2D eigenvalue weighted by atomic mass is 10.1. The number of aromatic nitrogens is 1. The molecule has 0 unspecified atom stereocenters. The van der Waals surface area contributed by atoms with Gasteiger partial charge in [-0.3, -0.25) is 25.0 Å². The van der Waals surface area contributed by atoms with Gasteiger partial charge in [0.2, 0.25) is 0 Å². The molecule has 9 nitrogen and oxygen atoms in total. The van der Waals surface area contributed by atoms with Gasteiger partial charge in [0.15, 0.2) is 11.5 Å². The number of methoxy groups -OCH3 is 2. The fourth-order valence-corrected chi connectivity index (χ4v) is 2.47. The van der Waals surface area contributed by atoms with Crippen LogP contribution in [0.1, 0.15) is 17.0 Å². The molecule has 0 aliphatic carbocycles. The van der Waals surface area contributed by atoms with Gasteiger partial charge in [-0.1, -0.05) is 0 Å². The van der Waals surface area contributed by atoms with Crippen molar-refractivity contribution in [3.8, 4) is 17.6 Å². The third-order valence-corrected chi connectivity index (χ3v) is 3.88. The van der Waals surface area contributed by atoms with E-state index in [0.29, 0.717) is 0 Å². The minimum absolute atomic E-state index is 0.0466. The second-order valence-corrected chi connectivity index (χ2v) is 5.59. The van der Waals surface area contributed by atoms with E-state index in [4.69, 9.17) is 9.47 Å². The van der Waals surface area contributed by atoms with Crippen molar-refractivity contribution in [1.29, 1.82) is 5.26 Å². The van der Waals surface area contributed by atoms with Gasteiger partial charge in [-0.05, 0) is 38.1 Å². The molecule has 0 saturated heterocycles. The van der Waals surface area contributed by atoms with Gasteiger partial charge in [-0.25, -0.2) is 0 Å². The SMILES string of the molecule is COc1cc(/C=C(\C#N)C(=O)Nn2c(C)ccc2C)c([N+](=O)[O-])cc1OC. The van der Waals surface area contributed by atoms with Crippen LogP contribution in [0, 0.1) is 35.3 Å². The van der Waals surface area contributed by atoms with Crippen molar-refractivity contribution in [2.24, 2.45) is 0 Å². The maximum absolute atomic E-state index is 12.5. The average Bonchev–Trinajstić information content (AvgIpc) is 2.96. The molecule has 1 amide bonds. The number of carbonyl (C=O) groups excluding carboxylic acids is 1. The standard InChI is InChI=1S/C18H18N4O5/c1-11-5-6-12(2)21(11)20-18(23)14(10-19)7-13-8-16(26-3)17(27-4)9-15(13)22(24)25/h5-9H,1-4H3,(H,20,23)/b14-7+. The second-order valence-electron chi connectivity index (χ2n) is 5.59. The highest BCUT2D eigenvalue weighted by molar-refractivity contribution is 6.06. The molecule has 1 heterocycles. The normalized spacial score (nSPS) is 10.9. The molecule has 0 radical (unpaired) electrons.